The number of nitrogens with one attached hydrogen (secondary N) is 1. The number of H-pyrrole nitrogens is 1. The highest BCUT2D eigenvalue weighted by atomic mass is 32.2. The summed E-state index contributed by atoms with van der Waals surface area (Å²) in [6, 6.07) is 7.07. The lowest BCUT2D eigenvalue weighted by Gasteiger charge is -2.09. The molecule has 2 aromatic rings. The predicted octanol–water partition coefficient (Wildman–Crippen LogP) is 2.61. The highest BCUT2D eigenvalue weighted by Gasteiger charge is 2.07. The number of nitrogen functional groups attached to an aromatic ring is 1. The SMILES string of the molecule is CCCc1cc(=O)[nH]c(SCc2cc(N)ccc2OC)n1. The molecule has 0 unspecified atom stereocenters. The molecular formula is C15H19N3O2S. The van der Waals surface area contributed by atoms with Crippen molar-refractivity contribution in [2.75, 3.05) is 12.8 Å². The number of aromatic nitrogens is 2. The predicted molar refractivity (Wildman–Crippen MR) is 85.8 cm³/mol. The maximum absolute atomic E-state index is 11.6. The number of benzene rings is 1. The zero-order valence-corrected chi connectivity index (χ0v) is 13.0. The molecule has 1 heterocycles. The second-order valence-electron chi connectivity index (χ2n) is 4.65. The van der Waals surface area contributed by atoms with Gasteiger partial charge in [-0.05, 0) is 24.6 Å². The number of rotatable bonds is 6. The Morgan fingerprint density at radius 2 is 2.19 bits per heavy atom. The second-order valence-corrected chi connectivity index (χ2v) is 5.62. The molecule has 1 aromatic carbocycles. The number of methoxy groups -OCH3 is 1. The Labute approximate surface area is 127 Å². The number of aryl methyl sites for hydroxylation is 1. The second kappa shape index (κ2) is 7.17. The fraction of sp³-hybridized carbons (Fsp3) is 0.333. The molecular weight excluding hydrogens is 286 g/mol. The van der Waals surface area contributed by atoms with Gasteiger partial charge in [-0.15, -0.1) is 0 Å². The highest BCUT2D eigenvalue weighted by molar-refractivity contribution is 7.98. The Bertz CT molecular complexity index is 670. The molecule has 112 valence electrons. The molecule has 5 nitrogen and oxygen atoms in total. The van der Waals surface area contributed by atoms with Crippen LogP contribution in [0.1, 0.15) is 24.6 Å². The van der Waals surface area contributed by atoms with Crippen LogP contribution in [-0.4, -0.2) is 17.1 Å². The molecule has 2 rings (SSSR count). The topological polar surface area (TPSA) is 81.0 Å². The van der Waals surface area contributed by atoms with Crippen molar-refractivity contribution in [3.8, 4) is 5.75 Å². The van der Waals surface area contributed by atoms with Crippen LogP contribution in [0.5, 0.6) is 5.75 Å². The molecule has 0 aliphatic carbocycles. The van der Waals surface area contributed by atoms with Gasteiger partial charge in [0.2, 0.25) is 0 Å². The summed E-state index contributed by atoms with van der Waals surface area (Å²) >= 11 is 1.46. The number of anilines is 1. The molecule has 0 bridgehead atoms. The van der Waals surface area contributed by atoms with E-state index in [1.54, 1.807) is 19.2 Å². The van der Waals surface area contributed by atoms with Gasteiger partial charge in [0.05, 0.1) is 7.11 Å². The first-order valence-corrected chi connectivity index (χ1v) is 7.76. The number of ether oxygens (including phenoxy) is 1. The van der Waals surface area contributed by atoms with E-state index in [9.17, 15) is 4.79 Å². The standard InChI is InChI=1S/C15H19N3O2S/c1-3-4-12-8-14(19)18-15(17-12)21-9-10-7-11(16)5-6-13(10)20-2/h5-8H,3-4,9,16H2,1-2H3,(H,17,18,19). The van der Waals surface area contributed by atoms with Crippen LogP contribution in [0, 0.1) is 0 Å². The van der Waals surface area contributed by atoms with E-state index in [4.69, 9.17) is 10.5 Å². The Kier molecular flexibility index (Phi) is 5.27. The third kappa shape index (κ3) is 4.26. The number of nitrogens with two attached hydrogens (primary N) is 1. The van der Waals surface area contributed by atoms with Gasteiger partial charge in [-0.2, -0.15) is 0 Å². The number of aromatic amines is 1. The van der Waals surface area contributed by atoms with E-state index in [2.05, 4.69) is 16.9 Å². The minimum absolute atomic E-state index is 0.115. The Morgan fingerprint density at radius 1 is 1.38 bits per heavy atom. The Hall–Kier alpha value is -1.95. The Balaban J connectivity index is 2.16. The van der Waals surface area contributed by atoms with Crippen LogP contribution in [0.2, 0.25) is 0 Å². The van der Waals surface area contributed by atoms with E-state index >= 15 is 0 Å². The highest BCUT2D eigenvalue weighted by Crippen LogP contribution is 2.27. The van der Waals surface area contributed by atoms with Gasteiger partial charge in [-0.3, -0.25) is 4.79 Å². The van der Waals surface area contributed by atoms with Crippen LogP contribution in [-0.2, 0) is 12.2 Å². The van der Waals surface area contributed by atoms with Gasteiger partial charge in [0.1, 0.15) is 5.75 Å². The number of thioether (sulfide) groups is 1. The van der Waals surface area contributed by atoms with Gasteiger partial charge in [0.15, 0.2) is 5.16 Å². The van der Waals surface area contributed by atoms with Crippen LogP contribution in [0.3, 0.4) is 0 Å². The molecule has 0 saturated carbocycles. The van der Waals surface area contributed by atoms with Crippen molar-refractivity contribution in [1.82, 2.24) is 9.97 Å². The molecule has 0 fully saturated rings. The fourth-order valence-electron chi connectivity index (χ4n) is 1.99. The van der Waals surface area contributed by atoms with Crippen molar-refractivity contribution in [2.24, 2.45) is 0 Å². The third-order valence-corrected chi connectivity index (χ3v) is 3.87. The van der Waals surface area contributed by atoms with Crippen molar-refractivity contribution in [3.63, 3.8) is 0 Å². The van der Waals surface area contributed by atoms with Crippen molar-refractivity contribution < 1.29 is 4.74 Å². The molecule has 0 amide bonds. The molecule has 3 N–H and O–H groups in total. The maximum Gasteiger partial charge on any atom is 0.251 e. The van der Waals surface area contributed by atoms with E-state index in [-0.39, 0.29) is 5.56 Å². The monoisotopic (exact) mass is 305 g/mol. The van der Waals surface area contributed by atoms with Gasteiger partial charge in [-0.25, -0.2) is 4.98 Å². The van der Waals surface area contributed by atoms with Gasteiger partial charge >= 0.3 is 0 Å². The molecule has 6 heteroatoms. The lowest BCUT2D eigenvalue weighted by atomic mass is 10.2. The van der Waals surface area contributed by atoms with Crippen LogP contribution in [0.15, 0.2) is 34.2 Å². The number of hydrogen-bond acceptors (Lipinski definition) is 5. The number of nitrogens with zero attached hydrogens (tertiary/aromatic N) is 1. The van der Waals surface area contributed by atoms with Gasteiger partial charge in [-0.1, -0.05) is 25.1 Å². The summed E-state index contributed by atoms with van der Waals surface area (Å²) < 4.78 is 5.31. The molecule has 0 atom stereocenters. The van der Waals surface area contributed by atoms with Crippen molar-refractivity contribution in [3.05, 3.63) is 45.9 Å². The fourth-order valence-corrected chi connectivity index (χ4v) is 2.87. The number of hydrogen-bond donors (Lipinski definition) is 2. The van der Waals surface area contributed by atoms with Crippen molar-refractivity contribution in [1.29, 1.82) is 0 Å². The molecule has 0 radical (unpaired) electrons. The first kappa shape index (κ1) is 15.4. The first-order chi connectivity index (χ1) is 10.1. The molecule has 0 spiro atoms. The minimum Gasteiger partial charge on any atom is -0.496 e. The summed E-state index contributed by atoms with van der Waals surface area (Å²) in [5.74, 6) is 1.41. The average molecular weight is 305 g/mol. The summed E-state index contributed by atoms with van der Waals surface area (Å²) in [5.41, 5.74) is 8.17. The summed E-state index contributed by atoms with van der Waals surface area (Å²) in [5, 5.41) is 0.621. The van der Waals surface area contributed by atoms with E-state index < -0.39 is 0 Å². The van der Waals surface area contributed by atoms with Gasteiger partial charge < -0.3 is 15.5 Å². The zero-order valence-electron chi connectivity index (χ0n) is 12.2. The minimum atomic E-state index is -0.115. The normalized spacial score (nSPS) is 10.6. The van der Waals surface area contributed by atoms with E-state index in [0.29, 0.717) is 16.6 Å². The molecule has 1 aromatic heterocycles. The molecule has 21 heavy (non-hydrogen) atoms. The van der Waals surface area contributed by atoms with Crippen molar-refractivity contribution >= 4 is 17.4 Å². The quantitative estimate of drug-likeness (QED) is 0.487. The molecule has 0 saturated heterocycles. The van der Waals surface area contributed by atoms with Crippen LogP contribution >= 0.6 is 11.8 Å². The molecule has 0 aliphatic rings. The third-order valence-electron chi connectivity index (χ3n) is 2.95. The van der Waals surface area contributed by atoms with Gasteiger partial charge in [0.25, 0.3) is 5.56 Å². The largest absolute Gasteiger partial charge is 0.496 e. The smallest absolute Gasteiger partial charge is 0.251 e. The Morgan fingerprint density at radius 3 is 2.90 bits per heavy atom. The van der Waals surface area contributed by atoms with Gasteiger partial charge in [0, 0.05) is 28.8 Å². The summed E-state index contributed by atoms with van der Waals surface area (Å²) in [7, 11) is 1.63. The van der Waals surface area contributed by atoms with E-state index in [1.165, 1.54) is 11.8 Å². The van der Waals surface area contributed by atoms with Crippen LogP contribution in [0.4, 0.5) is 5.69 Å². The lowest BCUT2D eigenvalue weighted by molar-refractivity contribution is 0.411. The first-order valence-electron chi connectivity index (χ1n) is 6.77. The van der Waals surface area contributed by atoms with E-state index in [1.807, 2.05) is 12.1 Å². The summed E-state index contributed by atoms with van der Waals surface area (Å²) in [6.07, 6.45) is 1.77. The lowest BCUT2D eigenvalue weighted by Crippen LogP contribution is -2.10. The summed E-state index contributed by atoms with van der Waals surface area (Å²) in [6.45, 7) is 2.06. The van der Waals surface area contributed by atoms with Crippen LogP contribution < -0.4 is 16.0 Å². The van der Waals surface area contributed by atoms with E-state index in [0.717, 1.165) is 29.8 Å². The van der Waals surface area contributed by atoms with Crippen molar-refractivity contribution in [2.45, 2.75) is 30.7 Å². The maximum atomic E-state index is 11.6. The summed E-state index contributed by atoms with van der Waals surface area (Å²) in [4.78, 5) is 18.8. The zero-order chi connectivity index (χ0) is 15.2. The molecule has 0 aliphatic heterocycles. The average Bonchev–Trinajstić information content (AvgIpc) is 2.45. The van der Waals surface area contributed by atoms with Crippen LogP contribution in [0.25, 0.3) is 0 Å².